The van der Waals surface area contributed by atoms with Gasteiger partial charge >= 0.3 is 0 Å². The highest BCUT2D eigenvalue weighted by Gasteiger charge is 2.16. The van der Waals surface area contributed by atoms with Gasteiger partial charge in [0.25, 0.3) is 0 Å². The molecule has 0 saturated carbocycles. The molecule has 0 spiro atoms. The van der Waals surface area contributed by atoms with Gasteiger partial charge in [-0.15, -0.1) is 0 Å². The van der Waals surface area contributed by atoms with Crippen LogP contribution in [0.1, 0.15) is 17.2 Å². The van der Waals surface area contributed by atoms with Gasteiger partial charge in [0.05, 0.1) is 6.20 Å². The van der Waals surface area contributed by atoms with Gasteiger partial charge in [0.2, 0.25) is 0 Å². The molecule has 2 rings (SSSR count). The molecule has 0 aliphatic rings. The zero-order valence-corrected chi connectivity index (χ0v) is 10.2. The van der Waals surface area contributed by atoms with Crippen molar-refractivity contribution in [1.82, 2.24) is 4.98 Å². The first-order chi connectivity index (χ1) is 8.08. The smallest absolute Gasteiger partial charge is 0.141 e. The lowest BCUT2D eigenvalue weighted by molar-refractivity contribution is 0.214. The first-order valence-corrected chi connectivity index (χ1v) is 5.60. The molecular weight excluding hydrogens is 292 g/mol. The van der Waals surface area contributed by atoms with E-state index in [4.69, 9.17) is 0 Å². The van der Waals surface area contributed by atoms with E-state index in [1.807, 2.05) is 0 Å². The van der Waals surface area contributed by atoms with Gasteiger partial charge in [-0.25, -0.2) is 8.78 Å². The van der Waals surface area contributed by atoms with Gasteiger partial charge in [-0.2, -0.15) is 0 Å². The largest absolute Gasteiger partial charge is 0.383 e. The van der Waals surface area contributed by atoms with Gasteiger partial charge in [-0.05, 0) is 24.3 Å². The van der Waals surface area contributed by atoms with E-state index in [1.165, 1.54) is 24.4 Å². The van der Waals surface area contributed by atoms with Crippen LogP contribution in [0.15, 0.2) is 41.1 Å². The molecule has 1 aromatic heterocycles. The summed E-state index contributed by atoms with van der Waals surface area (Å²) in [6, 6.07) is 5.33. The van der Waals surface area contributed by atoms with Crippen LogP contribution >= 0.6 is 15.9 Å². The van der Waals surface area contributed by atoms with Gasteiger partial charge in [0.1, 0.15) is 17.7 Å². The van der Waals surface area contributed by atoms with Crippen molar-refractivity contribution in [2.75, 3.05) is 0 Å². The number of halogens is 3. The third kappa shape index (κ3) is 2.68. The minimum Gasteiger partial charge on any atom is -0.383 e. The molecule has 1 aromatic carbocycles. The van der Waals surface area contributed by atoms with Crippen LogP contribution in [0.25, 0.3) is 0 Å². The Hall–Kier alpha value is -1.33. The summed E-state index contributed by atoms with van der Waals surface area (Å²) < 4.78 is 27.1. The average Bonchev–Trinajstić information content (AvgIpc) is 2.31. The van der Waals surface area contributed by atoms with Gasteiger partial charge in [-0.1, -0.05) is 15.9 Å². The molecule has 0 aliphatic carbocycles. The number of benzene rings is 1. The van der Waals surface area contributed by atoms with E-state index in [0.717, 1.165) is 12.3 Å². The third-order valence-electron chi connectivity index (χ3n) is 2.29. The maximum absolute atomic E-state index is 13.5. The average molecular weight is 300 g/mol. The van der Waals surface area contributed by atoms with Gasteiger partial charge in [-0.3, -0.25) is 4.98 Å². The Bertz CT molecular complexity index is 548. The zero-order chi connectivity index (χ0) is 12.4. The third-order valence-corrected chi connectivity index (χ3v) is 2.79. The van der Waals surface area contributed by atoms with Crippen LogP contribution in [0.4, 0.5) is 8.78 Å². The van der Waals surface area contributed by atoms with Crippen LogP contribution in [0, 0.1) is 11.6 Å². The Kier molecular flexibility index (Phi) is 3.49. The lowest BCUT2D eigenvalue weighted by atomic mass is 10.0. The van der Waals surface area contributed by atoms with Crippen molar-refractivity contribution in [3.05, 3.63) is 63.9 Å². The molecule has 0 bridgehead atoms. The molecule has 88 valence electrons. The van der Waals surface area contributed by atoms with Crippen molar-refractivity contribution in [2.24, 2.45) is 0 Å². The fourth-order valence-corrected chi connectivity index (χ4v) is 1.86. The second kappa shape index (κ2) is 4.89. The highest BCUT2D eigenvalue weighted by atomic mass is 79.9. The molecule has 1 atom stereocenters. The number of pyridine rings is 1. The molecule has 5 heteroatoms. The maximum atomic E-state index is 13.5. The van der Waals surface area contributed by atoms with E-state index in [0.29, 0.717) is 4.47 Å². The van der Waals surface area contributed by atoms with E-state index < -0.39 is 17.7 Å². The van der Waals surface area contributed by atoms with Crippen molar-refractivity contribution in [1.29, 1.82) is 0 Å². The summed E-state index contributed by atoms with van der Waals surface area (Å²) in [4.78, 5) is 3.61. The number of nitrogens with zero attached hydrogens (tertiary/aromatic N) is 1. The molecule has 1 unspecified atom stereocenters. The van der Waals surface area contributed by atoms with Crippen LogP contribution in [0.2, 0.25) is 0 Å². The van der Waals surface area contributed by atoms with E-state index in [2.05, 4.69) is 20.9 Å². The summed E-state index contributed by atoms with van der Waals surface area (Å²) in [6.07, 6.45) is 1.08. The molecular formula is C12H8BrF2NO. The summed E-state index contributed by atoms with van der Waals surface area (Å²) >= 11 is 3.18. The highest BCUT2D eigenvalue weighted by Crippen LogP contribution is 2.26. The van der Waals surface area contributed by atoms with Crippen molar-refractivity contribution in [2.45, 2.75) is 6.10 Å². The molecule has 0 fully saturated rings. The molecule has 2 aromatic rings. The normalized spacial score (nSPS) is 12.5. The fraction of sp³-hybridized carbons (Fsp3) is 0.0833. The Morgan fingerprint density at radius 1 is 1.18 bits per heavy atom. The van der Waals surface area contributed by atoms with Gasteiger partial charge < -0.3 is 5.11 Å². The van der Waals surface area contributed by atoms with Crippen molar-refractivity contribution < 1.29 is 13.9 Å². The molecule has 1 N–H and O–H groups in total. The molecule has 1 heterocycles. The lowest BCUT2D eigenvalue weighted by Crippen LogP contribution is -2.03. The van der Waals surface area contributed by atoms with Crippen LogP contribution in [-0.2, 0) is 0 Å². The summed E-state index contributed by atoms with van der Waals surface area (Å²) in [5.74, 6) is -1.12. The Morgan fingerprint density at radius 2 is 1.94 bits per heavy atom. The second-order valence-electron chi connectivity index (χ2n) is 3.50. The van der Waals surface area contributed by atoms with Crippen LogP contribution in [-0.4, -0.2) is 10.1 Å². The summed E-state index contributed by atoms with van der Waals surface area (Å²) in [7, 11) is 0. The minimum absolute atomic E-state index is 0.0757. The van der Waals surface area contributed by atoms with E-state index in [1.54, 1.807) is 0 Å². The monoisotopic (exact) mass is 299 g/mol. The van der Waals surface area contributed by atoms with Crippen LogP contribution in [0.5, 0.6) is 0 Å². The second-order valence-corrected chi connectivity index (χ2v) is 4.42. The Balaban J connectivity index is 2.43. The minimum atomic E-state index is -1.24. The predicted octanol–water partition coefficient (Wildman–Crippen LogP) is 3.20. The number of aliphatic hydroxyl groups excluding tert-OH is 1. The number of aromatic nitrogens is 1. The van der Waals surface area contributed by atoms with Crippen LogP contribution in [0.3, 0.4) is 0 Å². The first kappa shape index (κ1) is 12.1. The number of hydrogen-bond donors (Lipinski definition) is 1. The topological polar surface area (TPSA) is 33.1 Å². The van der Waals surface area contributed by atoms with E-state index in [9.17, 15) is 13.9 Å². The lowest BCUT2D eigenvalue weighted by Gasteiger charge is -2.12. The zero-order valence-electron chi connectivity index (χ0n) is 8.57. The van der Waals surface area contributed by atoms with Gasteiger partial charge in [0, 0.05) is 21.8 Å². The Labute approximate surface area is 105 Å². The van der Waals surface area contributed by atoms with Crippen LogP contribution < -0.4 is 0 Å². The summed E-state index contributed by atoms with van der Waals surface area (Å²) in [6.45, 7) is 0. The number of hydrogen-bond acceptors (Lipinski definition) is 2. The van der Waals surface area contributed by atoms with E-state index in [-0.39, 0.29) is 11.1 Å². The molecule has 0 aliphatic heterocycles. The predicted molar refractivity (Wildman–Crippen MR) is 62.4 cm³/mol. The molecule has 2 nitrogen and oxygen atoms in total. The molecule has 0 amide bonds. The summed E-state index contributed by atoms with van der Waals surface area (Å²) in [5, 5.41) is 9.95. The van der Waals surface area contributed by atoms with E-state index >= 15 is 0 Å². The fourth-order valence-electron chi connectivity index (χ4n) is 1.48. The number of rotatable bonds is 2. The summed E-state index contributed by atoms with van der Waals surface area (Å²) in [5.41, 5.74) is 0.286. The number of aliphatic hydroxyl groups is 1. The molecule has 17 heavy (non-hydrogen) atoms. The molecule has 0 saturated heterocycles. The van der Waals surface area contributed by atoms with Gasteiger partial charge in [0.15, 0.2) is 0 Å². The van der Waals surface area contributed by atoms with Crippen molar-refractivity contribution >= 4 is 15.9 Å². The first-order valence-electron chi connectivity index (χ1n) is 4.81. The Morgan fingerprint density at radius 3 is 2.65 bits per heavy atom. The van der Waals surface area contributed by atoms with Crippen molar-refractivity contribution in [3.63, 3.8) is 0 Å². The SMILES string of the molecule is OC(c1cncc(F)c1)c1cc(Br)ccc1F. The maximum Gasteiger partial charge on any atom is 0.141 e. The highest BCUT2D eigenvalue weighted by molar-refractivity contribution is 9.10. The quantitative estimate of drug-likeness (QED) is 0.924. The standard InChI is InChI=1S/C12H8BrF2NO/c13-8-1-2-11(15)10(4-8)12(17)7-3-9(14)6-16-5-7/h1-6,12,17H. The molecule has 0 radical (unpaired) electrons. The van der Waals surface area contributed by atoms with Crippen molar-refractivity contribution in [3.8, 4) is 0 Å².